The molecule has 0 radical (unpaired) electrons. The van der Waals surface area contributed by atoms with Crippen molar-refractivity contribution >= 4 is 15.2 Å². The molecule has 0 aromatic heterocycles. The number of unbranched alkanes of at least 4 members (excludes halogenated alkanes) is 10. The van der Waals surface area contributed by atoms with Crippen molar-refractivity contribution in [2.45, 2.75) is 90.9 Å². The maximum atomic E-state index is 10.4. The Labute approximate surface area is 186 Å². The van der Waals surface area contributed by atoms with E-state index >= 15 is 0 Å². The van der Waals surface area contributed by atoms with Gasteiger partial charge in [0.1, 0.15) is 0 Å². The number of hydrogen-bond donors (Lipinski definition) is 4. The molecule has 0 rings (SSSR count). The van der Waals surface area contributed by atoms with Gasteiger partial charge in [-0.05, 0) is 12.8 Å². The normalized spacial score (nSPS) is 11.4. The van der Waals surface area contributed by atoms with Gasteiger partial charge < -0.3 is 19.6 Å². The predicted octanol–water partition coefficient (Wildman–Crippen LogP) is 5.05. The van der Waals surface area contributed by atoms with E-state index in [2.05, 4.69) is 13.8 Å². The first kappa shape index (κ1) is 31.3. The molecular formula is C16H38NdO6P2. The van der Waals surface area contributed by atoms with E-state index in [1.165, 1.54) is 38.5 Å². The van der Waals surface area contributed by atoms with E-state index in [4.69, 9.17) is 19.6 Å². The zero-order valence-corrected chi connectivity index (χ0v) is 20.9. The molecule has 152 valence electrons. The molecule has 0 atom stereocenters. The third-order valence-electron chi connectivity index (χ3n) is 3.61. The smallest absolute Gasteiger partial charge is 0.324 e. The third-order valence-corrected chi connectivity index (χ3v) is 5.40. The summed E-state index contributed by atoms with van der Waals surface area (Å²) >= 11 is 0. The van der Waals surface area contributed by atoms with Crippen LogP contribution in [0.15, 0.2) is 0 Å². The summed E-state index contributed by atoms with van der Waals surface area (Å²) in [5.41, 5.74) is 0. The first-order valence-corrected chi connectivity index (χ1v) is 12.8. The van der Waals surface area contributed by atoms with Gasteiger partial charge in [0.15, 0.2) is 0 Å². The molecule has 0 heterocycles. The zero-order chi connectivity index (χ0) is 18.9. The minimum absolute atomic E-state index is 0. The summed E-state index contributed by atoms with van der Waals surface area (Å²) in [4.78, 5) is 34.1. The van der Waals surface area contributed by atoms with Crippen LogP contribution in [0, 0.1) is 40.8 Å². The Kier molecular flexibility index (Phi) is 25.6. The molecular weight excluding hydrogens is 494 g/mol. The van der Waals surface area contributed by atoms with Gasteiger partial charge in [0.2, 0.25) is 0 Å². The Balaban J connectivity index is -0.000000372. The standard InChI is InChI=1S/2C8H19O3P.Nd/c2*1-2-3-4-5-6-7-8-12(9,10)11;/h2*2-8H2,1H3,(H2,9,10,11);. The van der Waals surface area contributed by atoms with Crippen LogP contribution >= 0.6 is 15.2 Å². The summed E-state index contributed by atoms with van der Waals surface area (Å²) < 4.78 is 20.8. The van der Waals surface area contributed by atoms with Crippen molar-refractivity contribution in [3.8, 4) is 0 Å². The minimum Gasteiger partial charge on any atom is -0.324 e. The van der Waals surface area contributed by atoms with Gasteiger partial charge in [-0.1, -0.05) is 78.1 Å². The molecule has 4 N–H and O–H groups in total. The van der Waals surface area contributed by atoms with Crippen LogP contribution in [0.25, 0.3) is 0 Å². The summed E-state index contributed by atoms with van der Waals surface area (Å²) in [7, 11) is -7.44. The van der Waals surface area contributed by atoms with E-state index in [-0.39, 0.29) is 53.2 Å². The zero-order valence-electron chi connectivity index (χ0n) is 15.9. The van der Waals surface area contributed by atoms with Gasteiger partial charge in [0.25, 0.3) is 0 Å². The predicted molar refractivity (Wildman–Crippen MR) is 101 cm³/mol. The quantitative estimate of drug-likeness (QED) is 0.184. The van der Waals surface area contributed by atoms with Gasteiger partial charge >= 0.3 is 15.2 Å². The van der Waals surface area contributed by atoms with E-state index in [1.807, 2.05) is 0 Å². The molecule has 0 aliphatic heterocycles. The average molecular weight is 533 g/mol. The van der Waals surface area contributed by atoms with Crippen molar-refractivity contribution in [1.82, 2.24) is 0 Å². The topological polar surface area (TPSA) is 115 Å². The van der Waals surface area contributed by atoms with Gasteiger partial charge in [-0.15, -0.1) is 0 Å². The molecule has 0 aliphatic carbocycles. The monoisotopic (exact) mass is 530 g/mol. The molecule has 0 bridgehead atoms. The van der Waals surface area contributed by atoms with Crippen molar-refractivity contribution in [2.75, 3.05) is 12.3 Å². The van der Waals surface area contributed by atoms with Gasteiger partial charge in [-0.3, -0.25) is 9.13 Å². The van der Waals surface area contributed by atoms with E-state index in [0.29, 0.717) is 12.8 Å². The molecule has 0 spiro atoms. The van der Waals surface area contributed by atoms with Crippen molar-refractivity contribution in [2.24, 2.45) is 0 Å². The second-order valence-corrected chi connectivity index (χ2v) is 9.87. The van der Waals surface area contributed by atoms with Crippen LogP contribution in [0.4, 0.5) is 0 Å². The molecule has 0 aromatic carbocycles. The second-order valence-electron chi connectivity index (χ2n) is 6.31. The van der Waals surface area contributed by atoms with Gasteiger partial charge in [0.05, 0.1) is 0 Å². The minimum atomic E-state index is -3.72. The van der Waals surface area contributed by atoms with Gasteiger partial charge in [0, 0.05) is 53.2 Å². The van der Waals surface area contributed by atoms with Crippen LogP contribution in [0.2, 0.25) is 0 Å². The SMILES string of the molecule is CCCCCCCCP(=O)(O)O.CCCCCCCCP(=O)(O)O.[Nd]. The first-order chi connectivity index (χ1) is 11.1. The number of hydrogen-bond acceptors (Lipinski definition) is 2. The fourth-order valence-electron chi connectivity index (χ4n) is 2.20. The van der Waals surface area contributed by atoms with Crippen molar-refractivity contribution in [3.63, 3.8) is 0 Å². The molecule has 0 saturated carbocycles. The van der Waals surface area contributed by atoms with E-state index in [1.54, 1.807) is 0 Å². The maximum Gasteiger partial charge on any atom is 0.325 e. The first-order valence-electron chi connectivity index (χ1n) is 9.21. The Morgan fingerprint density at radius 1 is 0.520 bits per heavy atom. The molecule has 0 saturated heterocycles. The van der Waals surface area contributed by atoms with Crippen LogP contribution in [0.5, 0.6) is 0 Å². The van der Waals surface area contributed by atoms with Crippen LogP contribution < -0.4 is 0 Å². The molecule has 0 unspecified atom stereocenters. The largest absolute Gasteiger partial charge is 0.325 e. The maximum absolute atomic E-state index is 10.4. The summed E-state index contributed by atoms with van der Waals surface area (Å²) in [6.07, 6.45) is 12.8. The molecule has 25 heavy (non-hydrogen) atoms. The number of rotatable bonds is 14. The summed E-state index contributed by atoms with van der Waals surface area (Å²) in [6.45, 7) is 4.30. The molecule has 0 amide bonds. The summed E-state index contributed by atoms with van der Waals surface area (Å²) in [5, 5.41) is 0. The Morgan fingerprint density at radius 2 is 0.760 bits per heavy atom. The summed E-state index contributed by atoms with van der Waals surface area (Å²) in [6, 6.07) is 0. The second kappa shape index (κ2) is 20.4. The van der Waals surface area contributed by atoms with Crippen molar-refractivity contribution in [1.29, 1.82) is 0 Å². The third kappa shape index (κ3) is 37.2. The van der Waals surface area contributed by atoms with E-state index in [9.17, 15) is 9.13 Å². The molecule has 0 aromatic rings. The van der Waals surface area contributed by atoms with Gasteiger partial charge in [-0.25, -0.2) is 0 Å². The molecule has 0 fully saturated rings. The Bertz CT molecular complexity index is 323. The van der Waals surface area contributed by atoms with Crippen LogP contribution in [-0.2, 0) is 9.13 Å². The fraction of sp³-hybridized carbons (Fsp3) is 1.00. The average Bonchev–Trinajstić information content (AvgIpc) is 2.45. The van der Waals surface area contributed by atoms with Crippen molar-refractivity contribution < 1.29 is 69.5 Å². The van der Waals surface area contributed by atoms with Gasteiger partial charge in [-0.2, -0.15) is 0 Å². The van der Waals surface area contributed by atoms with E-state index in [0.717, 1.165) is 25.7 Å². The van der Waals surface area contributed by atoms with Crippen LogP contribution in [-0.4, -0.2) is 31.9 Å². The van der Waals surface area contributed by atoms with Crippen molar-refractivity contribution in [3.05, 3.63) is 0 Å². The Hall–Kier alpha value is 1.65. The van der Waals surface area contributed by atoms with E-state index < -0.39 is 15.2 Å². The molecule has 9 heteroatoms. The fourth-order valence-corrected chi connectivity index (χ4v) is 3.47. The summed E-state index contributed by atoms with van der Waals surface area (Å²) in [5.74, 6) is 0. The molecule has 0 aliphatic rings. The van der Waals surface area contributed by atoms with Crippen LogP contribution in [0.3, 0.4) is 0 Å². The molecule has 6 nitrogen and oxygen atoms in total. The van der Waals surface area contributed by atoms with Crippen LogP contribution in [0.1, 0.15) is 90.9 Å². The Morgan fingerprint density at radius 3 is 1.00 bits per heavy atom.